The van der Waals surface area contributed by atoms with Crippen LogP contribution in [-0.4, -0.2) is 23.2 Å². The van der Waals surface area contributed by atoms with E-state index in [1.807, 2.05) is 51.1 Å². The van der Waals surface area contributed by atoms with Gasteiger partial charge in [0.1, 0.15) is 10.8 Å². The summed E-state index contributed by atoms with van der Waals surface area (Å²) in [5.41, 5.74) is 0.935. The van der Waals surface area contributed by atoms with Gasteiger partial charge in [0.25, 0.3) is 0 Å². The van der Waals surface area contributed by atoms with E-state index in [9.17, 15) is 18.0 Å². The number of halogens is 3. The lowest BCUT2D eigenvalue weighted by molar-refractivity contribution is -0.158. The van der Waals surface area contributed by atoms with Crippen molar-refractivity contribution in [2.24, 2.45) is 0 Å². The molecular weight excluding hydrogens is 499 g/mol. The number of alkyl halides is 3. The molecule has 8 heteroatoms. The van der Waals surface area contributed by atoms with Gasteiger partial charge in [-0.05, 0) is 62.9 Å². The molecule has 4 nitrogen and oxygen atoms in total. The summed E-state index contributed by atoms with van der Waals surface area (Å²) in [6.07, 6.45) is 0.0449. The first kappa shape index (κ1) is 28.4. The number of hydrogen-bond donors (Lipinski definition) is 0. The first-order valence-corrected chi connectivity index (χ1v) is 12.9. The molecular formula is C29H32F3NO3S. The van der Waals surface area contributed by atoms with E-state index in [0.717, 1.165) is 27.8 Å². The lowest BCUT2D eigenvalue weighted by atomic mass is 10.1. The number of hydrogen-bond acceptors (Lipinski definition) is 5. The molecule has 0 amide bonds. The fourth-order valence-electron chi connectivity index (χ4n) is 3.81. The van der Waals surface area contributed by atoms with Crippen LogP contribution in [0.15, 0.2) is 48.5 Å². The summed E-state index contributed by atoms with van der Waals surface area (Å²) >= 11 is 1.30. The minimum Gasteiger partial charge on any atom is -0.476 e. The lowest BCUT2D eigenvalue weighted by Gasteiger charge is -2.25. The Morgan fingerprint density at radius 1 is 1.14 bits per heavy atom. The molecule has 0 saturated heterocycles. The summed E-state index contributed by atoms with van der Waals surface area (Å²) in [7, 11) is 0. The summed E-state index contributed by atoms with van der Waals surface area (Å²) in [5.74, 6) is 0.238. The van der Waals surface area contributed by atoms with Crippen LogP contribution in [0.25, 0.3) is 16.6 Å². The number of aryl methyl sites for hydroxylation is 1. The summed E-state index contributed by atoms with van der Waals surface area (Å²) in [6.45, 7) is 11.2. The summed E-state index contributed by atoms with van der Waals surface area (Å²) in [4.78, 5) is 17.7. The maximum absolute atomic E-state index is 13.6. The second-order valence-corrected chi connectivity index (χ2v) is 10.6. The molecule has 0 saturated carbocycles. The van der Waals surface area contributed by atoms with Crippen molar-refractivity contribution in [2.45, 2.75) is 65.7 Å². The van der Waals surface area contributed by atoms with Crippen molar-refractivity contribution in [1.29, 1.82) is 0 Å². The Kier molecular flexibility index (Phi) is 8.84. The predicted octanol–water partition coefficient (Wildman–Crippen LogP) is 8.24. The molecule has 2 aromatic carbocycles. The zero-order valence-electron chi connectivity index (χ0n) is 21.9. The van der Waals surface area contributed by atoms with Crippen molar-refractivity contribution >= 4 is 23.4 Å². The van der Waals surface area contributed by atoms with Crippen LogP contribution in [0.4, 0.5) is 13.2 Å². The predicted molar refractivity (Wildman–Crippen MR) is 142 cm³/mol. The fraction of sp³-hybridized carbons (Fsp3) is 0.379. The van der Waals surface area contributed by atoms with E-state index >= 15 is 0 Å². The van der Waals surface area contributed by atoms with Crippen LogP contribution in [-0.2, 0) is 22.1 Å². The third kappa shape index (κ3) is 7.01. The number of allylic oxidation sites excluding steroid dienone is 1. The van der Waals surface area contributed by atoms with Gasteiger partial charge in [-0.25, -0.2) is 9.78 Å². The average Bonchev–Trinajstić information content (AvgIpc) is 3.25. The Morgan fingerprint density at radius 2 is 1.84 bits per heavy atom. The van der Waals surface area contributed by atoms with Crippen LogP contribution in [0.1, 0.15) is 67.8 Å². The number of carbonyl (C=O) groups excluding carboxylic acids is 1. The molecule has 0 unspecified atom stereocenters. The van der Waals surface area contributed by atoms with E-state index in [1.54, 1.807) is 26.8 Å². The molecule has 37 heavy (non-hydrogen) atoms. The monoisotopic (exact) mass is 531 g/mol. The Balaban J connectivity index is 1.80. The molecule has 0 radical (unpaired) electrons. The van der Waals surface area contributed by atoms with Crippen molar-refractivity contribution in [3.05, 3.63) is 75.8 Å². The maximum atomic E-state index is 13.6. The first-order valence-electron chi connectivity index (χ1n) is 12.1. The summed E-state index contributed by atoms with van der Waals surface area (Å²) < 4.78 is 51.6. The third-order valence-electron chi connectivity index (χ3n) is 5.68. The Morgan fingerprint density at radius 3 is 2.46 bits per heavy atom. The van der Waals surface area contributed by atoms with Gasteiger partial charge in [0.05, 0.1) is 17.9 Å². The molecule has 0 N–H and O–H groups in total. The standard InChI is InChI=1S/C29H32F3NO3S/c1-7-35-27(34)28(5,6)36-23-16-15-20(17-19(23)4)11-10-14-24-25(18(2)3)33-26(37-24)21-12-8-9-13-22(21)29(30,31)32/h8-13,15-18H,7,14H2,1-6H3. The van der Waals surface area contributed by atoms with E-state index in [1.165, 1.54) is 23.5 Å². The Bertz CT molecular complexity index is 1280. The van der Waals surface area contributed by atoms with E-state index < -0.39 is 23.3 Å². The number of aromatic nitrogens is 1. The number of benzene rings is 2. The molecule has 3 aromatic rings. The van der Waals surface area contributed by atoms with Gasteiger partial charge >= 0.3 is 12.1 Å². The van der Waals surface area contributed by atoms with Gasteiger partial charge in [0, 0.05) is 16.9 Å². The zero-order chi connectivity index (χ0) is 27.4. The molecule has 0 aliphatic heterocycles. The van der Waals surface area contributed by atoms with Crippen LogP contribution in [0.5, 0.6) is 5.75 Å². The van der Waals surface area contributed by atoms with Gasteiger partial charge in [0.15, 0.2) is 5.60 Å². The quantitative estimate of drug-likeness (QED) is 0.261. The SMILES string of the molecule is CCOC(=O)C(C)(C)Oc1ccc(C=CCc2sc(-c3ccccc3C(F)(F)F)nc2C(C)C)cc1C. The fourth-order valence-corrected chi connectivity index (χ4v) is 5.04. The highest BCUT2D eigenvalue weighted by molar-refractivity contribution is 7.15. The minimum absolute atomic E-state index is 0.0767. The topological polar surface area (TPSA) is 48.4 Å². The number of rotatable bonds is 9. The second kappa shape index (κ2) is 11.5. The Labute approximate surface area is 220 Å². The van der Waals surface area contributed by atoms with Gasteiger partial charge in [-0.2, -0.15) is 13.2 Å². The van der Waals surface area contributed by atoms with Gasteiger partial charge in [0.2, 0.25) is 0 Å². The van der Waals surface area contributed by atoms with Crippen LogP contribution in [0.2, 0.25) is 0 Å². The van der Waals surface area contributed by atoms with E-state index in [0.29, 0.717) is 17.2 Å². The highest BCUT2D eigenvalue weighted by Crippen LogP contribution is 2.40. The van der Waals surface area contributed by atoms with E-state index in [2.05, 4.69) is 4.98 Å². The maximum Gasteiger partial charge on any atom is 0.417 e. The van der Waals surface area contributed by atoms with Crippen molar-refractivity contribution in [1.82, 2.24) is 4.98 Å². The molecule has 198 valence electrons. The van der Waals surface area contributed by atoms with Crippen molar-refractivity contribution in [3.8, 4) is 16.3 Å². The van der Waals surface area contributed by atoms with Crippen LogP contribution in [0, 0.1) is 6.92 Å². The number of nitrogens with zero attached hydrogens (tertiary/aromatic N) is 1. The average molecular weight is 532 g/mol. The minimum atomic E-state index is -4.44. The molecule has 0 spiro atoms. The van der Waals surface area contributed by atoms with Crippen molar-refractivity contribution in [3.63, 3.8) is 0 Å². The van der Waals surface area contributed by atoms with Gasteiger partial charge in [-0.3, -0.25) is 0 Å². The van der Waals surface area contributed by atoms with Crippen LogP contribution >= 0.6 is 11.3 Å². The smallest absolute Gasteiger partial charge is 0.417 e. The van der Waals surface area contributed by atoms with Gasteiger partial charge < -0.3 is 9.47 Å². The largest absolute Gasteiger partial charge is 0.476 e. The molecule has 1 heterocycles. The molecule has 3 rings (SSSR count). The van der Waals surface area contributed by atoms with E-state index in [4.69, 9.17) is 9.47 Å². The van der Waals surface area contributed by atoms with E-state index in [-0.39, 0.29) is 18.1 Å². The second-order valence-electron chi connectivity index (χ2n) is 9.49. The number of ether oxygens (including phenoxy) is 2. The van der Waals surface area contributed by atoms with Crippen LogP contribution in [0.3, 0.4) is 0 Å². The number of thiazole rings is 1. The number of carbonyl (C=O) groups is 1. The molecule has 0 aliphatic rings. The van der Waals surface area contributed by atoms with Crippen LogP contribution < -0.4 is 4.74 Å². The molecule has 0 fully saturated rings. The molecule has 0 atom stereocenters. The highest BCUT2D eigenvalue weighted by Gasteiger charge is 2.34. The normalized spacial score (nSPS) is 12.4. The van der Waals surface area contributed by atoms with Crippen molar-refractivity contribution in [2.75, 3.05) is 6.61 Å². The number of esters is 1. The van der Waals surface area contributed by atoms with Crippen molar-refractivity contribution < 1.29 is 27.4 Å². The van der Waals surface area contributed by atoms with Gasteiger partial charge in [-0.15, -0.1) is 11.3 Å². The summed E-state index contributed by atoms with van der Waals surface area (Å²) in [5, 5.41) is 0.376. The molecule has 0 aliphatic carbocycles. The third-order valence-corrected chi connectivity index (χ3v) is 6.81. The Hall–Kier alpha value is -3.13. The molecule has 1 aromatic heterocycles. The highest BCUT2D eigenvalue weighted by atomic mass is 32.1. The zero-order valence-corrected chi connectivity index (χ0v) is 22.7. The lowest BCUT2D eigenvalue weighted by Crippen LogP contribution is -2.39. The molecule has 0 bridgehead atoms. The first-order chi connectivity index (χ1) is 17.3. The summed E-state index contributed by atoms with van der Waals surface area (Å²) in [6, 6.07) is 11.2. The van der Waals surface area contributed by atoms with Gasteiger partial charge in [-0.1, -0.05) is 50.3 Å².